The van der Waals surface area contributed by atoms with Crippen molar-refractivity contribution in [3.8, 4) is 0 Å². The zero-order valence-corrected chi connectivity index (χ0v) is 34.7. The molecule has 6 amide bonds. The summed E-state index contributed by atoms with van der Waals surface area (Å²) >= 11 is 0. The van der Waals surface area contributed by atoms with Crippen molar-refractivity contribution >= 4 is 64.2 Å². The molecule has 15 N–H and O–H groups in total. The number of rotatable bonds is 26. The van der Waals surface area contributed by atoms with E-state index in [1.165, 1.54) is 6.92 Å². The molecule has 0 saturated heterocycles. The molecule has 0 bridgehead atoms. The number of fused-ring (bicyclic) bond motifs is 1. The van der Waals surface area contributed by atoms with E-state index in [1.54, 1.807) is 33.9 Å². The van der Waals surface area contributed by atoms with Gasteiger partial charge in [0.1, 0.15) is 30.2 Å². The van der Waals surface area contributed by atoms with Gasteiger partial charge in [-0.25, -0.2) is 4.79 Å². The maximum atomic E-state index is 13.6. The van der Waals surface area contributed by atoms with Crippen LogP contribution in [0, 0.1) is 11.8 Å². The van der Waals surface area contributed by atoms with Crippen molar-refractivity contribution in [1.82, 2.24) is 36.9 Å². The number of carbonyl (C=O) groups excluding carboxylic acids is 6. The zero-order valence-electron chi connectivity index (χ0n) is 34.7. The first-order valence-corrected chi connectivity index (χ1v) is 19.8. The molecule has 0 spiro atoms. The third kappa shape index (κ3) is 17.7. The predicted octanol–water partition coefficient (Wildman–Crippen LogP) is -1.31. The van der Waals surface area contributed by atoms with Gasteiger partial charge in [-0.3, -0.25) is 38.6 Å². The molecule has 0 fully saturated rings. The lowest BCUT2D eigenvalue weighted by Gasteiger charge is -2.26. The fourth-order valence-electron chi connectivity index (χ4n) is 6.10. The van der Waals surface area contributed by atoms with Crippen molar-refractivity contribution < 1.29 is 48.6 Å². The minimum Gasteiger partial charge on any atom is -0.481 e. The first kappa shape index (κ1) is 49.9. The Morgan fingerprint density at radius 1 is 0.717 bits per heavy atom. The lowest BCUT2D eigenvalue weighted by molar-refractivity contribution is -0.142. The number of para-hydroxylation sites is 1. The van der Waals surface area contributed by atoms with Crippen LogP contribution in [0.3, 0.4) is 0 Å². The molecule has 2 rings (SSSR count). The molecule has 332 valence electrons. The lowest BCUT2D eigenvalue weighted by atomic mass is 10.0. The summed E-state index contributed by atoms with van der Waals surface area (Å²) in [4.78, 5) is 109. The standard InChI is InChI=1S/C39H61N11O10/c1-20(2)15-29(35(56)45-19-31(51)47-28(38(59)60)11-8-14-43-39(41)42)49-33(54)22(5)46-37(58)30(16-21(3)4)50-36(57)27(12-13-32(52)53)48-34(55)25(40)17-23-18-44-26-10-7-6-9-24(23)26/h6-7,9-10,18,20-22,25,27-30,44H,8,11-17,19,40H2,1-5H3,(H,45,56)(H,46,58)(H,47,51)(H,48,55)(H,49,54)(H,50,57)(H,52,53)(H,59,60)(H4,41,42,43)/t22-,25-,27-,28-,29-,30-/m0/s1. The van der Waals surface area contributed by atoms with Crippen LogP contribution in [0.2, 0.25) is 0 Å². The fourth-order valence-corrected chi connectivity index (χ4v) is 6.10. The maximum absolute atomic E-state index is 13.6. The average Bonchev–Trinajstić information content (AvgIpc) is 3.57. The van der Waals surface area contributed by atoms with Gasteiger partial charge in [0.15, 0.2) is 5.96 Å². The van der Waals surface area contributed by atoms with E-state index >= 15 is 0 Å². The number of aromatic amines is 1. The number of amides is 6. The van der Waals surface area contributed by atoms with Crippen molar-refractivity contribution in [3.05, 3.63) is 36.0 Å². The number of aliphatic carboxylic acids is 2. The molecule has 21 heteroatoms. The molecule has 0 aliphatic carbocycles. The minimum atomic E-state index is -1.37. The van der Waals surface area contributed by atoms with Gasteiger partial charge >= 0.3 is 11.9 Å². The van der Waals surface area contributed by atoms with Gasteiger partial charge < -0.3 is 64.3 Å². The van der Waals surface area contributed by atoms with Crippen LogP contribution in [-0.2, 0) is 44.8 Å². The van der Waals surface area contributed by atoms with Crippen LogP contribution in [0.25, 0.3) is 10.9 Å². The number of carboxylic acids is 2. The second kappa shape index (κ2) is 24.6. The Hall–Kier alpha value is -6.25. The van der Waals surface area contributed by atoms with Gasteiger partial charge in [0.2, 0.25) is 35.4 Å². The molecule has 2 aromatic rings. The quantitative estimate of drug-likeness (QED) is 0.0298. The van der Waals surface area contributed by atoms with Crippen molar-refractivity contribution in [2.75, 3.05) is 13.1 Å². The largest absolute Gasteiger partial charge is 0.481 e. The number of H-pyrrole nitrogens is 1. The first-order valence-electron chi connectivity index (χ1n) is 19.8. The van der Waals surface area contributed by atoms with E-state index in [1.807, 2.05) is 24.3 Å². The third-order valence-corrected chi connectivity index (χ3v) is 9.17. The van der Waals surface area contributed by atoms with Crippen LogP contribution in [0.15, 0.2) is 35.5 Å². The van der Waals surface area contributed by atoms with Gasteiger partial charge in [0.05, 0.1) is 12.6 Å². The number of carbonyl (C=O) groups is 8. The van der Waals surface area contributed by atoms with E-state index in [9.17, 15) is 48.6 Å². The number of carboxylic acid groups (broad SMARTS) is 2. The second-order valence-electron chi connectivity index (χ2n) is 15.4. The van der Waals surface area contributed by atoms with E-state index in [0.29, 0.717) is 0 Å². The van der Waals surface area contributed by atoms with Crippen molar-refractivity contribution in [2.45, 2.75) is 116 Å². The van der Waals surface area contributed by atoms with Gasteiger partial charge in [0.25, 0.3) is 0 Å². The fraction of sp³-hybridized carbons (Fsp3) is 0.564. The highest BCUT2D eigenvalue weighted by Crippen LogP contribution is 2.19. The number of nitrogens with two attached hydrogens (primary N) is 3. The summed E-state index contributed by atoms with van der Waals surface area (Å²) in [6, 6.07) is 0.111. The number of nitrogens with one attached hydrogen (secondary N) is 7. The zero-order chi connectivity index (χ0) is 45.1. The number of guanidine groups is 1. The average molecular weight is 844 g/mol. The van der Waals surface area contributed by atoms with Crippen LogP contribution < -0.4 is 49.1 Å². The Kier molecular flexibility index (Phi) is 20.5. The van der Waals surface area contributed by atoms with Crippen LogP contribution >= 0.6 is 0 Å². The summed E-state index contributed by atoms with van der Waals surface area (Å²) in [5.41, 5.74) is 18.4. The summed E-state index contributed by atoms with van der Waals surface area (Å²) < 4.78 is 0. The van der Waals surface area contributed by atoms with Gasteiger partial charge in [0, 0.05) is 30.1 Å². The SMILES string of the molecule is CC(C)C[C@H](NC(=O)[C@H](C)NC(=O)[C@H](CC(C)C)NC(=O)[C@H](CCC(=O)O)NC(=O)[C@@H](N)Cc1c[nH]c2ccccc12)C(=O)NCC(=O)N[C@@H](CCCN=C(N)N)C(=O)O. The molecule has 0 saturated carbocycles. The number of aromatic nitrogens is 1. The predicted molar refractivity (Wildman–Crippen MR) is 222 cm³/mol. The molecular formula is C39H61N11O10. The smallest absolute Gasteiger partial charge is 0.326 e. The summed E-state index contributed by atoms with van der Waals surface area (Å²) in [7, 11) is 0. The number of benzene rings is 1. The number of hydrogen-bond acceptors (Lipinski definition) is 10. The molecule has 6 atom stereocenters. The molecule has 21 nitrogen and oxygen atoms in total. The van der Waals surface area contributed by atoms with Crippen LogP contribution in [0.5, 0.6) is 0 Å². The Morgan fingerprint density at radius 2 is 1.30 bits per heavy atom. The lowest BCUT2D eigenvalue weighted by Crippen LogP contribution is -2.58. The van der Waals surface area contributed by atoms with Gasteiger partial charge in [-0.05, 0) is 68.9 Å². The Balaban J connectivity index is 2.08. The summed E-state index contributed by atoms with van der Waals surface area (Å²) in [6.07, 6.45) is 1.59. The Morgan fingerprint density at radius 3 is 1.90 bits per heavy atom. The molecular weight excluding hydrogens is 782 g/mol. The normalized spacial score (nSPS) is 14.1. The molecule has 60 heavy (non-hydrogen) atoms. The first-order chi connectivity index (χ1) is 28.2. The van der Waals surface area contributed by atoms with Gasteiger partial charge in [-0.15, -0.1) is 0 Å². The number of hydrogen-bond donors (Lipinski definition) is 12. The highest BCUT2D eigenvalue weighted by molar-refractivity contribution is 5.96. The number of aliphatic imine (C=N–C) groups is 1. The van der Waals surface area contributed by atoms with Gasteiger partial charge in [-0.2, -0.15) is 0 Å². The van der Waals surface area contributed by atoms with Gasteiger partial charge in [-0.1, -0.05) is 45.9 Å². The van der Waals surface area contributed by atoms with Crippen LogP contribution in [-0.4, -0.2) is 118 Å². The highest BCUT2D eigenvalue weighted by atomic mass is 16.4. The molecule has 0 aliphatic rings. The Labute approximate surface area is 348 Å². The van der Waals surface area contributed by atoms with E-state index in [0.717, 1.165) is 16.5 Å². The molecule has 0 aliphatic heterocycles. The molecule has 1 aromatic heterocycles. The summed E-state index contributed by atoms with van der Waals surface area (Å²) in [5.74, 6) is -7.49. The summed E-state index contributed by atoms with van der Waals surface area (Å²) in [6.45, 7) is 8.11. The monoisotopic (exact) mass is 843 g/mol. The van der Waals surface area contributed by atoms with E-state index in [4.69, 9.17) is 17.2 Å². The molecule has 0 unspecified atom stereocenters. The second-order valence-corrected chi connectivity index (χ2v) is 15.4. The summed E-state index contributed by atoms with van der Waals surface area (Å²) in [5, 5.41) is 34.7. The van der Waals surface area contributed by atoms with Crippen LogP contribution in [0.4, 0.5) is 0 Å². The molecule has 1 aromatic carbocycles. The third-order valence-electron chi connectivity index (χ3n) is 9.17. The van der Waals surface area contributed by atoms with Crippen LogP contribution in [0.1, 0.15) is 78.7 Å². The maximum Gasteiger partial charge on any atom is 0.326 e. The molecule has 1 heterocycles. The molecule has 0 radical (unpaired) electrons. The van der Waals surface area contributed by atoms with E-state index in [2.05, 4.69) is 41.9 Å². The van der Waals surface area contributed by atoms with Crippen molar-refractivity contribution in [2.24, 2.45) is 34.0 Å². The minimum absolute atomic E-state index is 0.0207. The van der Waals surface area contributed by atoms with Crippen molar-refractivity contribution in [3.63, 3.8) is 0 Å². The van der Waals surface area contributed by atoms with E-state index in [-0.39, 0.29) is 62.9 Å². The number of nitrogens with zero attached hydrogens (tertiary/aromatic N) is 1. The van der Waals surface area contributed by atoms with Crippen molar-refractivity contribution in [1.29, 1.82) is 0 Å². The van der Waals surface area contributed by atoms with E-state index < -0.39 is 96.6 Å². The highest BCUT2D eigenvalue weighted by Gasteiger charge is 2.32. The topological polar surface area (TPSA) is 355 Å². The Bertz CT molecular complexity index is 1840.